The van der Waals surface area contributed by atoms with Crippen LogP contribution in [0.25, 0.3) is 5.57 Å². The number of benzene rings is 2. The van der Waals surface area contributed by atoms with Crippen LogP contribution in [0.5, 0.6) is 0 Å². The summed E-state index contributed by atoms with van der Waals surface area (Å²) in [4.78, 5) is 28.6. The molecule has 3 aromatic rings. The second-order valence-corrected chi connectivity index (χ2v) is 8.36. The standard InChI is InChI=1S/C24H22N2O2S/c1-15(2)17-8-10-18(11-9-17)25-22-21(20-5-4-14-29-20)23(27)26(24(22)28)19-12-6-16(3)7-13-19/h4-15,25H,1-3H3. The Hall–Kier alpha value is -3.18. The van der Waals surface area contributed by atoms with E-state index in [1.54, 1.807) is 12.1 Å². The van der Waals surface area contributed by atoms with Gasteiger partial charge >= 0.3 is 0 Å². The fourth-order valence-electron chi connectivity index (χ4n) is 3.32. The number of nitrogens with one attached hydrogen (secondary N) is 1. The van der Waals surface area contributed by atoms with E-state index in [0.29, 0.717) is 22.9 Å². The molecule has 1 aliphatic heterocycles. The summed E-state index contributed by atoms with van der Waals surface area (Å²) in [5.74, 6) is -0.213. The quantitative estimate of drug-likeness (QED) is 0.567. The zero-order valence-corrected chi connectivity index (χ0v) is 17.4. The van der Waals surface area contributed by atoms with Crippen molar-refractivity contribution in [3.05, 3.63) is 87.7 Å². The average molecular weight is 403 g/mol. The zero-order chi connectivity index (χ0) is 20.5. The van der Waals surface area contributed by atoms with Crippen molar-refractivity contribution in [1.29, 1.82) is 0 Å². The summed E-state index contributed by atoms with van der Waals surface area (Å²) in [6.07, 6.45) is 0. The van der Waals surface area contributed by atoms with Gasteiger partial charge in [-0.3, -0.25) is 9.59 Å². The molecule has 0 spiro atoms. The molecule has 0 unspecified atom stereocenters. The molecule has 1 aliphatic rings. The minimum Gasteiger partial charge on any atom is -0.350 e. The molecule has 5 heteroatoms. The molecule has 2 amide bonds. The van der Waals surface area contributed by atoms with Crippen LogP contribution >= 0.6 is 11.3 Å². The molecule has 2 aromatic carbocycles. The Morgan fingerprint density at radius 3 is 2.17 bits per heavy atom. The number of thiophene rings is 1. The highest BCUT2D eigenvalue weighted by atomic mass is 32.1. The highest BCUT2D eigenvalue weighted by Gasteiger charge is 2.40. The summed E-state index contributed by atoms with van der Waals surface area (Å²) in [5.41, 5.74) is 4.38. The Morgan fingerprint density at radius 1 is 0.897 bits per heavy atom. The van der Waals surface area contributed by atoms with Crippen LogP contribution in [0.2, 0.25) is 0 Å². The van der Waals surface area contributed by atoms with Crippen LogP contribution < -0.4 is 10.2 Å². The molecule has 4 nitrogen and oxygen atoms in total. The molecule has 1 N–H and O–H groups in total. The Morgan fingerprint density at radius 2 is 1.59 bits per heavy atom. The molecule has 0 radical (unpaired) electrons. The summed E-state index contributed by atoms with van der Waals surface area (Å²) < 4.78 is 0. The van der Waals surface area contributed by atoms with Crippen LogP contribution in [0.3, 0.4) is 0 Å². The van der Waals surface area contributed by atoms with Crippen molar-refractivity contribution in [2.24, 2.45) is 0 Å². The van der Waals surface area contributed by atoms with E-state index in [0.717, 1.165) is 16.1 Å². The summed E-state index contributed by atoms with van der Waals surface area (Å²) in [6.45, 7) is 6.25. The number of rotatable bonds is 5. The van der Waals surface area contributed by atoms with E-state index in [1.807, 2.05) is 60.8 Å². The SMILES string of the molecule is Cc1ccc(N2C(=O)C(Nc3ccc(C(C)C)cc3)=C(c3cccs3)C2=O)cc1. The third kappa shape index (κ3) is 3.61. The van der Waals surface area contributed by atoms with Gasteiger partial charge in [0, 0.05) is 10.6 Å². The number of hydrogen-bond acceptors (Lipinski definition) is 4. The Bertz CT molecular complexity index is 1080. The lowest BCUT2D eigenvalue weighted by Gasteiger charge is -2.15. The van der Waals surface area contributed by atoms with Gasteiger partial charge < -0.3 is 5.32 Å². The van der Waals surface area contributed by atoms with Crippen molar-refractivity contribution in [3.63, 3.8) is 0 Å². The molecule has 0 aliphatic carbocycles. The van der Waals surface area contributed by atoms with E-state index in [-0.39, 0.29) is 11.8 Å². The molecule has 4 rings (SSSR count). The van der Waals surface area contributed by atoms with Gasteiger partial charge in [0.1, 0.15) is 5.70 Å². The topological polar surface area (TPSA) is 49.4 Å². The van der Waals surface area contributed by atoms with Gasteiger partial charge in [0.25, 0.3) is 11.8 Å². The van der Waals surface area contributed by atoms with Gasteiger partial charge in [0.15, 0.2) is 0 Å². The monoisotopic (exact) mass is 402 g/mol. The molecular formula is C24H22N2O2S. The Balaban J connectivity index is 1.74. The van der Waals surface area contributed by atoms with Crippen LogP contribution in [0.1, 0.15) is 35.8 Å². The van der Waals surface area contributed by atoms with Crippen LogP contribution in [0.4, 0.5) is 11.4 Å². The van der Waals surface area contributed by atoms with E-state index in [2.05, 4.69) is 19.2 Å². The lowest BCUT2D eigenvalue weighted by Crippen LogP contribution is -2.32. The van der Waals surface area contributed by atoms with E-state index < -0.39 is 0 Å². The van der Waals surface area contributed by atoms with Gasteiger partial charge in [0.2, 0.25) is 0 Å². The summed E-state index contributed by atoms with van der Waals surface area (Å²) in [5, 5.41) is 5.12. The summed E-state index contributed by atoms with van der Waals surface area (Å²) >= 11 is 1.45. The zero-order valence-electron chi connectivity index (χ0n) is 16.6. The molecule has 2 heterocycles. The van der Waals surface area contributed by atoms with Crippen molar-refractivity contribution in [2.75, 3.05) is 10.2 Å². The largest absolute Gasteiger partial charge is 0.350 e. The van der Waals surface area contributed by atoms with Gasteiger partial charge in [-0.1, -0.05) is 49.7 Å². The summed E-state index contributed by atoms with van der Waals surface area (Å²) in [6, 6.07) is 19.1. The van der Waals surface area contributed by atoms with Gasteiger partial charge in [-0.05, 0) is 54.1 Å². The number of carbonyl (C=O) groups excluding carboxylic acids is 2. The maximum Gasteiger partial charge on any atom is 0.282 e. The first-order valence-corrected chi connectivity index (χ1v) is 10.4. The fourth-order valence-corrected chi connectivity index (χ4v) is 4.09. The number of anilines is 2. The third-order valence-corrected chi connectivity index (χ3v) is 5.88. The van der Waals surface area contributed by atoms with Crippen LogP contribution in [-0.4, -0.2) is 11.8 Å². The molecule has 1 aromatic heterocycles. The number of aryl methyl sites for hydroxylation is 1. The first kappa shape index (κ1) is 19.2. The van der Waals surface area contributed by atoms with Crippen molar-refractivity contribution in [1.82, 2.24) is 0 Å². The Labute approximate surface area is 174 Å². The third-order valence-electron chi connectivity index (χ3n) is 4.99. The number of carbonyl (C=O) groups is 2. The second kappa shape index (κ2) is 7.68. The number of hydrogen-bond donors (Lipinski definition) is 1. The van der Waals surface area contributed by atoms with Crippen molar-refractivity contribution in [3.8, 4) is 0 Å². The van der Waals surface area contributed by atoms with Gasteiger partial charge in [0.05, 0.1) is 11.3 Å². The normalized spacial score (nSPS) is 14.3. The lowest BCUT2D eigenvalue weighted by atomic mass is 10.0. The molecule has 0 fully saturated rings. The van der Waals surface area contributed by atoms with Crippen molar-refractivity contribution < 1.29 is 9.59 Å². The van der Waals surface area contributed by atoms with Crippen molar-refractivity contribution in [2.45, 2.75) is 26.7 Å². The van der Waals surface area contributed by atoms with Crippen molar-refractivity contribution >= 4 is 40.1 Å². The first-order chi connectivity index (χ1) is 14.0. The predicted octanol–water partition coefficient (Wildman–Crippen LogP) is 5.58. The van der Waals surface area contributed by atoms with Gasteiger partial charge in [-0.2, -0.15) is 0 Å². The van der Waals surface area contributed by atoms with Crippen LogP contribution in [0, 0.1) is 6.92 Å². The fraction of sp³-hybridized carbons (Fsp3) is 0.167. The number of nitrogens with zero attached hydrogens (tertiary/aromatic N) is 1. The first-order valence-electron chi connectivity index (χ1n) is 9.56. The average Bonchev–Trinajstić information content (AvgIpc) is 3.30. The molecule has 0 atom stereocenters. The summed E-state index contributed by atoms with van der Waals surface area (Å²) in [7, 11) is 0. The van der Waals surface area contributed by atoms with Crippen LogP contribution in [-0.2, 0) is 9.59 Å². The maximum absolute atomic E-state index is 13.3. The van der Waals surface area contributed by atoms with Crippen LogP contribution in [0.15, 0.2) is 71.7 Å². The molecule has 0 saturated heterocycles. The highest BCUT2D eigenvalue weighted by Crippen LogP contribution is 2.35. The Kier molecular flexibility index (Phi) is 5.07. The highest BCUT2D eigenvalue weighted by molar-refractivity contribution is 7.11. The molecule has 0 bridgehead atoms. The molecule has 0 saturated carbocycles. The minimum atomic E-state index is -0.338. The lowest BCUT2D eigenvalue weighted by molar-refractivity contribution is -0.120. The van der Waals surface area contributed by atoms with E-state index in [1.165, 1.54) is 21.8 Å². The van der Waals surface area contributed by atoms with E-state index in [9.17, 15) is 9.59 Å². The smallest absolute Gasteiger partial charge is 0.282 e. The van der Waals surface area contributed by atoms with E-state index in [4.69, 9.17) is 0 Å². The molecule has 146 valence electrons. The maximum atomic E-state index is 13.3. The second-order valence-electron chi connectivity index (χ2n) is 7.41. The van der Waals surface area contributed by atoms with Gasteiger partial charge in [-0.15, -0.1) is 11.3 Å². The number of imide groups is 1. The minimum absolute atomic E-state index is 0.303. The number of amides is 2. The predicted molar refractivity (Wildman–Crippen MR) is 119 cm³/mol. The van der Waals surface area contributed by atoms with Gasteiger partial charge in [-0.25, -0.2) is 4.90 Å². The van der Waals surface area contributed by atoms with E-state index >= 15 is 0 Å². The molecule has 29 heavy (non-hydrogen) atoms. The molecular weight excluding hydrogens is 380 g/mol.